The third-order valence-corrected chi connectivity index (χ3v) is 2.95. The molecule has 0 radical (unpaired) electrons. The van der Waals surface area contributed by atoms with Crippen LogP contribution in [-0.2, 0) is 9.59 Å². The molecule has 14 heavy (non-hydrogen) atoms. The van der Waals surface area contributed by atoms with Crippen molar-refractivity contribution in [2.45, 2.75) is 12.1 Å². The minimum Gasteiger partial charge on any atom is -0.480 e. The van der Waals surface area contributed by atoms with E-state index in [2.05, 4.69) is 0 Å². The van der Waals surface area contributed by atoms with Crippen molar-refractivity contribution in [1.82, 2.24) is 9.80 Å². The number of aliphatic carboxylic acids is 1. The molecule has 3 rings (SSSR count). The minimum atomic E-state index is -0.874. The topological polar surface area (TPSA) is 86.9 Å². The molecule has 6 heteroatoms. The number of carbonyl (C=O) groups excluding carboxylic acids is 1. The number of nitrogens with two attached hydrogens (primary N) is 1. The van der Waals surface area contributed by atoms with Crippen LogP contribution in [0.3, 0.4) is 0 Å². The number of hydrogen-bond donors (Lipinski definition) is 2. The Morgan fingerprint density at radius 1 is 1.21 bits per heavy atom. The Balaban J connectivity index is 2.19. The summed E-state index contributed by atoms with van der Waals surface area (Å²) < 4.78 is 0. The zero-order valence-corrected chi connectivity index (χ0v) is 7.72. The summed E-state index contributed by atoms with van der Waals surface area (Å²) in [5.74, 6) is -1.30. The van der Waals surface area contributed by atoms with Crippen LogP contribution in [0.25, 0.3) is 0 Å². The summed E-state index contributed by atoms with van der Waals surface area (Å²) in [5.41, 5.74) is 5.22. The van der Waals surface area contributed by atoms with Crippen molar-refractivity contribution in [3.8, 4) is 0 Å². The van der Waals surface area contributed by atoms with Crippen LogP contribution < -0.4 is 5.73 Å². The smallest absolute Gasteiger partial charge is 0.322 e. The second-order valence-electron chi connectivity index (χ2n) is 3.77. The van der Waals surface area contributed by atoms with E-state index in [1.807, 2.05) is 4.90 Å². The van der Waals surface area contributed by atoms with E-state index in [1.165, 1.54) is 0 Å². The molecule has 3 N–H and O–H groups in total. The number of rotatable bonds is 2. The van der Waals surface area contributed by atoms with Crippen LogP contribution in [0.15, 0.2) is 0 Å². The Morgan fingerprint density at radius 3 is 2.36 bits per heavy atom. The number of amides is 1. The normalized spacial score (nSPS) is 40.9. The molecule has 0 spiro atoms. The molecule has 2 bridgehead atoms. The van der Waals surface area contributed by atoms with Gasteiger partial charge in [-0.3, -0.25) is 19.4 Å². The molecule has 78 valence electrons. The average molecular weight is 199 g/mol. The first kappa shape index (κ1) is 9.42. The highest BCUT2D eigenvalue weighted by atomic mass is 16.4. The fraction of sp³-hybridized carbons (Fsp3) is 0.750. The van der Waals surface area contributed by atoms with Crippen LogP contribution in [0.5, 0.6) is 0 Å². The number of carboxylic acids is 1. The van der Waals surface area contributed by atoms with Crippen LogP contribution in [0, 0.1) is 0 Å². The summed E-state index contributed by atoms with van der Waals surface area (Å²) in [7, 11) is 0. The molecule has 3 heterocycles. The van der Waals surface area contributed by atoms with Crippen molar-refractivity contribution in [3.05, 3.63) is 0 Å². The quantitative estimate of drug-likeness (QED) is 0.533. The molecule has 3 fully saturated rings. The van der Waals surface area contributed by atoms with E-state index in [-0.39, 0.29) is 0 Å². The van der Waals surface area contributed by atoms with Gasteiger partial charge >= 0.3 is 5.97 Å². The van der Waals surface area contributed by atoms with Crippen molar-refractivity contribution in [2.75, 3.05) is 26.2 Å². The molecule has 0 aromatic rings. The highest BCUT2D eigenvalue weighted by molar-refractivity contribution is 5.82. The highest BCUT2D eigenvalue weighted by Gasteiger charge is 2.44. The monoisotopic (exact) mass is 199 g/mol. The van der Waals surface area contributed by atoms with E-state index in [1.54, 1.807) is 4.90 Å². The number of fused-ring (bicyclic) bond motifs is 3. The van der Waals surface area contributed by atoms with E-state index in [0.29, 0.717) is 19.6 Å². The lowest BCUT2D eigenvalue weighted by molar-refractivity contribution is -0.154. The maximum absolute atomic E-state index is 11.1. The zero-order valence-electron chi connectivity index (χ0n) is 7.72. The van der Waals surface area contributed by atoms with Gasteiger partial charge in [0.1, 0.15) is 12.1 Å². The van der Waals surface area contributed by atoms with Crippen molar-refractivity contribution in [3.63, 3.8) is 0 Å². The lowest BCUT2D eigenvalue weighted by atomic mass is 10.0. The second-order valence-corrected chi connectivity index (χ2v) is 3.77. The van der Waals surface area contributed by atoms with E-state index in [4.69, 9.17) is 10.8 Å². The standard InChI is InChI=1S/C8H13N3O3/c9-7(12)5-3-10-1-2-11(5)6(4-10)8(13)14/h5-6H,1-4H2,(H2,9,12)(H,13,14). The van der Waals surface area contributed by atoms with E-state index in [9.17, 15) is 9.59 Å². The molecule has 0 aromatic heterocycles. The van der Waals surface area contributed by atoms with Gasteiger partial charge in [0, 0.05) is 26.2 Å². The first-order valence-electron chi connectivity index (χ1n) is 4.60. The molecule has 3 saturated heterocycles. The lowest BCUT2D eigenvalue weighted by Crippen LogP contribution is -2.70. The number of nitrogens with zero attached hydrogens (tertiary/aromatic N) is 2. The van der Waals surface area contributed by atoms with Gasteiger partial charge in [-0.25, -0.2) is 0 Å². The van der Waals surface area contributed by atoms with Gasteiger partial charge in [0.25, 0.3) is 0 Å². The van der Waals surface area contributed by atoms with Gasteiger partial charge in [0.15, 0.2) is 0 Å². The number of primary amides is 1. The minimum absolute atomic E-state index is 0.430. The molecule has 4 atom stereocenters. The molecule has 0 saturated carbocycles. The predicted octanol–water partition coefficient (Wildman–Crippen LogP) is -2.08. The number of hydrogen-bond acceptors (Lipinski definition) is 4. The maximum atomic E-state index is 11.1. The van der Waals surface area contributed by atoms with Crippen LogP contribution in [0.2, 0.25) is 0 Å². The van der Waals surface area contributed by atoms with Crippen LogP contribution in [-0.4, -0.2) is 65.0 Å². The Hall–Kier alpha value is -1.14. The summed E-state index contributed by atoms with van der Waals surface area (Å²) in [6.07, 6.45) is 0. The van der Waals surface area contributed by atoms with Crippen LogP contribution in [0.1, 0.15) is 0 Å². The summed E-state index contributed by atoms with van der Waals surface area (Å²) in [6, 6.07) is -1.01. The number of carbonyl (C=O) groups is 2. The van der Waals surface area contributed by atoms with Crippen molar-refractivity contribution in [2.24, 2.45) is 5.73 Å². The van der Waals surface area contributed by atoms with Gasteiger partial charge in [-0.05, 0) is 0 Å². The van der Waals surface area contributed by atoms with Crippen molar-refractivity contribution >= 4 is 11.9 Å². The molecule has 3 aliphatic rings. The van der Waals surface area contributed by atoms with Crippen LogP contribution >= 0.6 is 0 Å². The Kier molecular flexibility index (Phi) is 2.16. The average Bonchev–Trinajstić information content (AvgIpc) is 2.18. The Labute approximate surface area is 81.3 Å². The molecule has 0 aliphatic carbocycles. The van der Waals surface area contributed by atoms with Gasteiger partial charge in [0.05, 0.1) is 0 Å². The first-order chi connectivity index (χ1) is 6.59. The predicted molar refractivity (Wildman–Crippen MR) is 47.6 cm³/mol. The highest BCUT2D eigenvalue weighted by Crippen LogP contribution is 2.21. The first-order valence-corrected chi connectivity index (χ1v) is 4.60. The molecular weight excluding hydrogens is 186 g/mol. The van der Waals surface area contributed by atoms with Gasteiger partial charge in [-0.15, -0.1) is 0 Å². The van der Waals surface area contributed by atoms with Gasteiger partial charge in [0.2, 0.25) is 5.91 Å². The fourth-order valence-corrected chi connectivity index (χ4v) is 2.22. The SMILES string of the molecule is NC(=O)C1CN2CCN1C(C(=O)O)C2. The Morgan fingerprint density at radius 2 is 1.86 bits per heavy atom. The largest absolute Gasteiger partial charge is 0.480 e. The molecule has 0 aromatic carbocycles. The summed E-state index contributed by atoms with van der Waals surface area (Å²) in [4.78, 5) is 25.6. The molecule has 4 unspecified atom stereocenters. The molecule has 6 nitrogen and oxygen atoms in total. The molecular formula is C8H13N3O3. The third kappa shape index (κ3) is 1.36. The number of piperazine rings is 3. The van der Waals surface area contributed by atoms with Gasteiger partial charge in [-0.1, -0.05) is 0 Å². The van der Waals surface area contributed by atoms with Crippen LogP contribution in [0.4, 0.5) is 0 Å². The maximum Gasteiger partial charge on any atom is 0.322 e. The zero-order chi connectivity index (χ0) is 10.3. The fourth-order valence-electron chi connectivity index (χ4n) is 2.22. The van der Waals surface area contributed by atoms with Gasteiger partial charge < -0.3 is 10.8 Å². The summed E-state index contributed by atoms with van der Waals surface area (Å²) in [6.45, 7) is 2.51. The van der Waals surface area contributed by atoms with E-state index in [0.717, 1.165) is 6.54 Å². The number of carboxylic acid groups (broad SMARTS) is 1. The Bertz CT molecular complexity index is 257. The summed E-state index contributed by atoms with van der Waals surface area (Å²) >= 11 is 0. The third-order valence-electron chi connectivity index (χ3n) is 2.95. The van der Waals surface area contributed by atoms with E-state index >= 15 is 0 Å². The second kappa shape index (κ2) is 3.21. The molecule has 3 aliphatic heterocycles. The molecule has 1 amide bonds. The van der Waals surface area contributed by atoms with Crippen molar-refractivity contribution in [1.29, 1.82) is 0 Å². The summed E-state index contributed by atoms with van der Waals surface area (Å²) in [5, 5.41) is 8.94. The lowest BCUT2D eigenvalue weighted by Gasteiger charge is -2.49. The van der Waals surface area contributed by atoms with E-state index < -0.39 is 24.0 Å². The van der Waals surface area contributed by atoms with Crippen molar-refractivity contribution < 1.29 is 14.7 Å². The van der Waals surface area contributed by atoms with Gasteiger partial charge in [-0.2, -0.15) is 0 Å².